The molecule has 1 fully saturated rings. The third-order valence-electron chi connectivity index (χ3n) is 8.38. The lowest BCUT2D eigenvalue weighted by Crippen LogP contribution is -2.54. The van der Waals surface area contributed by atoms with Crippen molar-refractivity contribution in [3.8, 4) is 11.8 Å². The Morgan fingerprint density at radius 3 is 2.47 bits per heavy atom. The number of nitrogens with one attached hydrogen (secondary N) is 1. The Morgan fingerprint density at radius 2 is 1.86 bits per heavy atom. The SMILES string of the molecule is CCC(CC)COC(=O)[C@H](C)NP(=O)(OC[C@H]1O[C@@](C#N)(c2ccc3c(N)nc(F)nn23)[C@](C)(O)[C@@H]1OC(=O)C(C)C)Oc1ccccc1. The Labute approximate surface area is 283 Å². The third kappa shape index (κ3) is 7.87. The molecule has 3 aromatic rings. The summed E-state index contributed by atoms with van der Waals surface area (Å²) in [6.07, 6.45) is -2.69. The molecule has 0 spiro atoms. The van der Waals surface area contributed by atoms with Gasteiger partial charge >= 0.3 is 25.8 Å². The van der Waals surface area contributed by atoms with Gasteiger partial charge in [-0.25, -0.2) is 9.08 Å². The maximum Gasteiger partial charge on any atom is 0.459 e. The van der Waals surface area contributed by atoms with Gasteiger partial charge in [-0.15, -0.1) is 5.10 Å². The first-order valence-electron chi connectivity index (χ1n) is 15.9. The zero-order valence-electron chi connectivity index (χ0n) is 28.2. The molecule has 1 aromatic carbocycles. The summed E-state index contributed by atoms with van der Waals surface area (Å²) in [5.74, 6) is -2.08. The van der Waals surface area contributed by atoms with Crippen molar-refractivity contribution in [3.63, 3.8) is 0 Å². The van der Waals surface area contributed by atoms with E-state index in [4.69, 9.17) is 29.0 Å². The van der Waals surface area contributed by atoms with E-state index in [2.05, 4.69) is 15.2 Å². The van der Waals surface area contributed by atoms with Crippen molar-refractivity contribution in [3.05, 3.63) is 54.2 Å². The fourth-order valence-electron chi connectivity index (χ4n) is 5.34. The standard InChI is InChI=1S/C32H42FN6O9P/c1-7-21(8-2)16-44-29(41)20(5)38-49(43,48-22-12-10-9-11-13-22)45-17-24-26(46-28(40)19(3)4)31(6,42)32(18-34,47-24)25-15-14-23-27(35)36-30(33)37-39(23)25/h9-15,19-21,24,26,42H,7-8,16-17H2,1-6H3,(H,38,43)(H2,35,36,37)/t20-,24+,26+,31+,32-,49?/m0/s1. The number of aliphatic hydroxyl groups is 1. The number of para-hydroxylation sites is 1. The summed E-state index contributed by atoms with van der Waals surface area (Å²) in [5.41, 5.74) is 1.11. The molecule has 49 heavy (non-hydrogen) atoms. The fraction of sp³-hybridized carbons (Fsp3) is 0.531. The van der Waals surface area contributed by atoms with Crippen LogP contribution < -0.4 is 15.3 Å². The molecule has 0 aliphatic carbocycles. The van der Waals surface area contributed by atoms with Crippen molar-refractivity contribution in [2.45, 2.75) is 83.8 Å². The van der Waals surface area contributed by atoms with Crippen LogP contribution in [-0.2, 0) is 38.5 Å². The van der Waals surface area contributed by atoms with Gasteiger partial charge in [-0.3, -0.25) is 14.1 Å². The number of aromatic nitrogens is 3. The van der Waals surface area contributed by atoms with E-state index in [1.54, 1.807) is 32.0 Å². The molecule has 1 aliphatic heterocycles. The zero-order valence-corrected chi connectivity index (χ0v) is 29.1. The van der Waals surface area contributed by atoms with E-state index in [1.807, 2.05) is 19.9 Å². The lowest BCUT2D eigenvalue weighted by atomic mass is 9.80. The van der Waals surface area contributed by atoms with Crippen molar-refractivity contribution < 1.29 is 46.9 Å². The molecule has 0 radical (unpaired) electrons. The number of nitrogen functional groups attached to an aromatic ring is 1. The second-order valence-electron chi connectivity index (χ2n) is 12.3. The van der Waals surface area contributed by atoms with Crippen LogP contribution >= 0.6 is 7.75 Å². The van der Waals surface area contributed by atoms with E-state index in [0.29, 0.717) is 0 Å². The van der Waals surface area contributed by atoms with E-state index in [9.17, 15) is 28.9 Å². The van der Waals surface area contributed by atoms with Gasteiger partial charge in [0, 0.05) is 0 Å². The van der Waals surface area contributed by atoms with Crippen LogP contribution in [0.1, 0.15) is 60.1 Å². The Morgan fingerprint density at radius 1 is 1.18 bits per heavy atom. The number of ether oxygens (including phenoxy) is 3. The number of carbonyl (C=O) groups excluding carboxylic acids is 2. The average molecular weight is 705 g/mol. The first kappa shape index (κ1) is 37.7. The van der Waals surface area contributed by atoms with Gasteiger partial charge in [-0.05, 0) is 44.0 Å². The first-order valence-corrected chi connectivity index (χ1v) is 17.4. The van der Waals surface area contributed by atoms with E-state index < -0.39 is 67.7 Å². The summed E-state index contributed by atoms with van der Waals surface area (Å²) >= 11 is 0. The van der Waals surface area contributed by atoms with Gasteiger partial charge in [0.2, 0.25) is 5.60 Å². The molecule has 0 saturated carbocycles. The second-order valence-corrected chi connectivity index (χ2v) is 13.9. The Kier molecular flexibility index (Phi) is 11.7. The van der Waals surface area contributed by atoms with Crippen molar-refractivity contribution in [1.29, 1.82) is 5.26 Å². The molecule has 266 valence electrons. The molecule has 1 aliphatic rings. The molecule has 1 unspecified atom stereocenters. The van der Waals surface area contributed by atoms with E-state index in [1.165, 1.54) is 38.1 Å². The van der Waals surface area contributed by atoms with Crippen molar-refractivity contribution >= 4 is 31.0 Å². The van der Waals surface area contributed by atoms with Crippen LogP contribution in [-0.4, -0.2) is 68.7 Å². The van der Waals surface area contributed by atoms with Gasteiger partial charge in [-0.2, -0.15) is 19.7 Å². The van der Waals surface area contributed by atoms with Crippen LogP contribution in [0, 0.1) is 29.2 Å². The highest BCUT2D eigenvalue weighted by Crippen LogP contribution is 2.51. The summed E-state index contributed by atoms with van der Waals surface area (Å²) < 4.78 is 58.4. The Hall–Kier alpha value is -4.13. The highest BCUT2D eigenvalue weighted by molar-refractivity contribution is 7.52. The minimum Gasteiger partial charge on any atom is -0.464 e. The number of carbonyl (C=O) groups is 2. The number of nitrogens with two attached hydrogens (primary N) is 1. The maximum atomic E-state index is 14.3. The number of nitriles is 1. The normalized spacial score (nSPS) is 24.0. The molecule has 2 aromatic heterocycles. The molecule has 4 N–H and O–H groups in total. The molecule has 3 heterocycles. The van der Waals surface area contributed by atoms with Gasteiger partial charge in [0.15, 0.2) is 11.9 Å². The number of fused-ring (bicyclic) bond motifs is 1. The Bertz CT molecular complexity index is 1730. The number of benzene rings is 1. The summed E-state index contributed by atoms with van der Waals surface area (Å²) in [6.45, 7) is 9.19. The molecule has 4 rings (SSSR count). The molecule has 6 atom stereocenters. The van der Waals surface area contributed by atoms with Crippen molar-refractivity contribution in [2.75, 3.05) is 18.9 Å². The third-order valence-corrected chi connectivity index (χ3v) is 10.0. The summed E-state index contributed by atoms with van der Waals surface area (Å²) in [7, 11) is -4.48. The summed E-state index contributed by atoms with van der Waals surface area (Å²) in [6, 6.07) is 11.5. The van der Waals surface area contributed by atoms with Crippen LogP contribution in [0.3, 0.4) is 0 Å². The van der Waals surface area contributed by atoms with Gasteiger partial charge in [0.25, 0.3) is 0 Å². The van der Waals surface area contributed by atoms with Crippen molar-refractivity contribution in [1.82, 2.24) is 19.7 Å². The number of halogens is 1. The molecular weight excluding hydrogens is 662 g/mol. The van der Waals surface area contributed by atoms with Gasteiger partial charge in [0.1, 0.15) is 35.1 Å². The smallest absolute Gasteiger partial charge is 0.459 e. The minimum absolute atomic E-state index is 0.107. The molecular formula is C32H42FN6O9P. The monoisotopic (exact) mass is 704 g/mol. The molecule has 0 bridgehead atoms. The maximum absolute atomic E-state index is 14.3. The topological polar surface area (TPSA) is 210 Å². The molecule has 15 nitrogen and oxygen atoms in total. The lowest BCUT2D eigenvalue weighted by Gasteiger charge is -2.34. The lowest BCUT2D eigenvalue weighted by molar-refractivity contribution is -0.168. The number of rotatable bonds is 15. The number of nitrogens with zero attached hydrogens (tertiary/aromatic N) is 4. The average Bonchev–Trinajstić information content (AvgIpc) is 3.57. The predicted molar refractivity (Wildman–Crippen MR) is 173 cm³/mol. The van der Waals surface area contributed by atoms with Crippen LogP contribution in [0.25, 0.3) is 5.52 Å². The van der Waals surface area contributed by atoms with Gasteiger partial charge in [0.05, 0.1) is 24.8 Å². The minimum atomic E-state index is -4.48. The largest absolute Gasteiger partial charge is 0.464 e. The van der Waals surface area contributed by atoms with Gasteiger partial charge < -0.3 is 29.6 Å². The zero-order chi connectivity index (χ0) is 36.1. The molecule has 17 heteroatoms. The quantitative estimate of drug-likeness (QED) is 0.151. The first-order chi connectivity index (χ1) is 23.1. The molecule has 1 saturated heterocycles. The number of hydrogen-bond donors (Lipinski definition) is 3. The van der Waals surface area contributed by atoms with Gasteiger partial charge in [-0.1, -0.05) is 58.7 Å². The number of anilines is 1. The van der Waals surface area contributed by atoms with Crippen LogP contribution in [0.4, 0.5) is 10.2 Å². The van der Waals surface area contributed by atoms with E-state index in [0.717, 1.165) is 17.4 Å². The second kappa shape index (κ2) is 15.2. The number of esters is 2. The highest BCUT2D eigenvalue weighted by Gasteiger charge is 2.67. The molecule has 0 amide bonds. The highest BCUT2D eigenvalue weighted by atomic mass is 31.2. The Balaban J connectivity index is 1.70. The summed E-state index contributed by atoms with van der Waals surface area (Å²) in [5, 5.41) is 28.9. The van der Waals surface area contributed by atoms with Crippen LogP contribution in [0.5, 0.6) is 5.75 Å². The van der Waals surface area contributed by atoms with Crippen LogP contribution in [0.2, 0.25) is 0 Å². The summed E-state index contributed by atoms with van der Waals surface area (Å²) in [4.78, 5) is 29.3. The van der Waals surface area contributed by atoms with Crippen molar-refractivity contribution in [2.24, 2.45) is 11.8 Å². The fourth-order valence-corrected chi connectivity index (χ4v) is 6.84. The number of hydrogen-bond acceptors (Lipinski definition) is 13. The predicted octanol–water partition coefficient (Wildman–Crippen LogP) is 4.05. The van der Waals surface area contributed by atoms with E-state index >= 15 is 0 Å². The van der Waals surface area contributed by atoms with Crippen LogP contribution in [0.15, 0.2) is 42.5 Å². The van der Waals surface area contributed by atoms with E-state index in [-0.39, 0.29) is 35.3 Å².